The maximum atomic E-state index is 9.41. The quantitative estimate of drug-likeness (QED) is 0.927. The Balaban J connectivity index is 2.25. The Morgan fingerprint density at radius 3 is 2.72 bits per heavy atom. The zero-order valence-electron chi connectivity index (χ0n) is 10.6. The molecule has 0 aliphatic rings. The van der Waals surface area contributed by atoms with Crippen molar-refractivity contribution in [1.29, 1.82) is 0 Å². The van der Waals surface area contributed by atoms with Crippen molar-refractivity contribution in [2.24, 2.45) is 7.05 Å². The molecule has 1 unspecified atom stereocenters. The number of aliphatic hydroxyl groups is 1. The number of nitrogens with zero attached hydrogens (tertiary/aromatic N) is 5. The first-order valence-electron chi connectivity index (χ1n) is 5.81. The van der Waals surface area contributed by atoms with Crippen LogP contribution in [0.5, 0.6) is 0 Å². The zero-order chi connectivity index (χ0) is 13.3. The van der Waals surface area contributed by atoms with E-state index in [0.29, 0.717) is 12.2 Å². The van der Waals surface area contributed by atoms with E-state index in [1.165, 1.54) is 0 Å². The molecule has 0 amide bonds. The highest BCUT2D eigenvalue weighted by Gasteiger charge is 2.14. The van der Waals surface area contributed by atoms with Gasteiger partial charge in [0, 0.05) is 7.05 Å². The second-order valence-corrected chi connectivity index (χ2v) is 4.99. The first-order chi connectivity index (χ1) is 8.52. The van der Waals surface area contributed by atoms with Crippen LogP contribution in [0.4, 0.5) is 0 Å². The molecule has 2 rings (SSSR count). The van der Waals surface area contributed by atoms with Gasteiger partial charge in [0.15, 0.2) is 0 Å². The summed E-state index contributed by atoms with van der Waals surface area (Å²) < 4.78 is 4.55. The Hall–Kier alpha value is -1.21. The number of aryl methyl sites for hydroxylation is 2. The molecule has 0 saturated carbocycles. The molecule has 0 bridgehead atoms. The maximum Gasteiger partial charge on any atom is 0.111 e. The van der Waals surface area contributed by atoms with Crippen LogP contribution in [0.2, 0.25) is 0 Å². The summed E-state index contributed by atoms with van der Waals surface area (Å²) in [5.41, 5.74) is 2.64. The highest BCUT2D eigenvalue weighted by molar-refractivity contribution is 9.10. The topological polar surface area (TPSA) is 68.8 Å². The number of aromatic nitrogens is 5. The molecule has 98 valence electrons. The molecular weight excluding hydrogens is 298 g/mol. The van der Waals surface area contributed by atoms with Gasteiger partial charge in [-0.15, -0.1) is 5.10 Å². The summed E-state index contributed by atoms with van der Waals surface area (Å²) in [4.78, 5) is 0. The van der Waals surface area contributed by atoms with Crippen LogP contribution < -0.4 is 0 Å². The average Bonchev–Trinajstić information content (AvgIpc) is 2.89. The van der Waals surface area contributed by atoms with Gasteiger partial charge in [-0.05, 0) is 29.3 Å². The zero-order valence-corrected chi connectivity index (χ0v) is 12.2. The van der Waals surface area contributed by atoms with Crippen LogP contribution in [0.1, 0.15) is 37.0 Å². The van der Waals surface area contributed by atoms with E-state index in [2.05, 4.69) is 38.3 Å². The van der Waals surface area contributed by atoms with Crippen molar-refractivity contribution in [3.8, 4) is 0 Å². The highest BCUT2D eigenvalue weighted by atomic mass is 79.9. The van der Waals surface area contributed by atoms with E-state index in [-0.39, 0.29) is 0 Å². The molecule has 7 heteroatoms. The lowest BCUT2D eigenvalue weighted by atomic mass is 10.3. The van der Waals surface area contributed by atoms with Crippen molar-refractivity contribution in [2.75, 3.05) is 0 Å². The molecular formula is C11H16BrN5O. The van der Waals surface area contributed by atoms with Crippen molar-refractivity contribution in [3.63, 3.8) is 0 Å². The average molecular weight is 314 g/mol. The number of hydrogen-bond acceptors (Lipinski definition) is 4. The Kier molecular flexibility index (Phi) is 3.82. The van der Waals surface area contributed by atoms with Crippen molar-refractivity contribution in [3.05, 3.63) is 27.8 Å². The molecule has 2 aromatic rings. The van der Waals surface area contributed by atoms with Gasteiger partial charge in [-0.3, -0.25) is 4.68 Å². The Labute approximate surface area is 114 Å². The molecule has 0 aliphatic heterocycles. The van der Waals surface area contributed by atoms with Gasteiger partial charge in [0.25, 0.3) is 0 Å². The van der Waals surface area contributed by atoms with Crippen LogP contribution in [0.3, 0.4) is 0 Å². The summed E-state index contributed by atoms with van der Waals surface area (Å²) in [6.07, 6.45) is 2.03. The van der Waals surface area contributed by atoms with Crippen molar-refractivity contribution < 1.29 is 5.11 Å². The van der Waals surface area contributed by atoms with Gasteiger partial charge in [-0.1, -0.05) is 12.1 Å². The van der Waals surface area contributed by atoms with Gasteiger partial charge in [0.05, 0.1) is 34.7 Å². The van der Waals surface area contributed by atoms with E-state index in [0.717, 1.165) is 22.3 Å². The second kappa shape index (κ2) is 5.19. The lowest BCUT2D eigenvalue weighted by molar-refractivity contribution is 0.194. The van der Waals surface area contributed by atoms with E-state index in [1.807, 2.05) is 11.7 Å². The molecule has 0 spiro atoms. The number of aliphatic hydroxyl groups excluding tert-OH is 1. The molecule has 1 atom stereocenters. The minimum atomic E-state index is -0.597. The molecule has 1 N–H and O–H groups in total. The second-order valence-electron chi connectivity index (χ2n) is 4.20. The molecule has 2 aromatic heterocycles. The summed E-state index contributed by atoms with van der Waals surface area (Å²) in [6.45, 7) is 4.31. The number of hydrogen-bond donors (Lipinski definition) is 1. The van der Waals surface area contributed by atoms with Crippen LogP contribution in [0.15, 0.2) is 10.7 Å². The monoisotopic (exact) mass is 313 g/mol. The lowest BCUT2D eigenvalue weighted by Crippen LogP contribution is -2.06. The molecule has 6 nitrogen and oxygen atoms in total. The van der Waals surface area contributed by atoms with Crippen LogP contribution >= 0.6 is 15.9 Å². The fourth-order valence-electron chi connectivity index (χ4n) is 1.73. The summed E-state index contributed by atoms with van der Waals surface area (Å²) in [5, 5.41) is 21.7. The van der Waals surface area contributed by atoms with E-state index in [9.17, 15) is 5.11 Å². The van der Waals surface area contributed by atoms with Gasteiger partial charge >= 0.3 is 0 Å². The maximum absolute atomic E-state index is 9.41. The van der Waals surface area contributed by atoms with Gasteiger partial charge in [-0.25, -0.2) is 4.68 Å². The van der Waals surface area contributed by atoms with Gasteiger partial charge < -0.3 is 5.11 Å². The third-order valence-corrected chi connectivity index (χ3v) is 3.71. The predicted molar refractivity (Wildman–Crippen MR) is 70.0 cm³/mol. The van der Waals surface area contributed by atoms with Crippen molar-refractivity contribution in [2.45, 2.75) is 32.9 Å². The summed E-state index contributed by atoms with van der Waals surface area (Å²) in [7, 11) is 1.91. The van der Waals surface area contributed by atoms with Crippen molar-refractivity contribution in [1.82, 2.24) is 24.8 Å². The molecule has 2 heterocycles. The molecule has 0 fully saturated rings. The minimum Gasteiger partial charge on any atom is -0.387 e. The van der Waals surface area contributed by atoms with Gasteiger partial charge in [0.1, 0.15) is 5.69 Å². The smallest absolute Gasteiger partial charge is 0.111 e. The van der Waals surface area contributed by atoms with Gasteiger partial charge in [-0.2, -0.15) is 5.10 Å². The van der Waals surface area contributed by atoms with E-state index >= 15 is 0 Å². The van der Waals surface area contributed by atoms with Gasteiger partial charge in [0.2, 0.25) is 0 Å². The Morgan fingerprint density at radius 1 is 1.50 bits per heavy atom. The molecule has 0 aromatic carbocycles. The van der Waals surface area contributed by atoms with Crippen LogP contribution in [0, 0.1) is 0 Å². The first kappa shape index (κ1) is 13.2. The summed E-state index contributed by atoms with van der Waals surface area (Å²) >= 11 is 3.56. The molecule has 0 aliphatic carbocycles. The van der Waals surface area contributed by atoms with Crippen LogP contribution in [-0.4, -0.2) is 29.9 Å². The van der Waals surface area contributed by atoms with Crippen LogP contribution in [-0.2, 0) is 20.0 Å². The molecule has 0 radical (unpaired) electrons. The molecule has 18 heavy (non-hydrogen) atoms. The van der Waals surface area contributed by atoms with E-state index < -0.39 is 6.10 Å². The summed E-state index contributed by atoms with van der Waals surface area (Å²) in [5.74, 6) is 0. The minimum absolute atomic E-state index is 0.573. The third-order valence-electron chi connectivity index (χ3n) is 2.80. The largest absolute Gasteiger partial charge is 0.387 e. The fourth-order valence-corrected chi connectivity index (χ4v) is 2.47. The first-order valence-corrected chi connectivity index (χ1v) is 6.60. The normalized spacial score (nSPS) is 12.9. The molecule has 0 saturated heterocycles. The fraction of sp³-hybridized carbons (Fsp3) is 0.545. The highest BCUT2D eigenvalue weighted by Crippen LogP contribution is 2.22. The third kappa shape index (κ3) is 2.46. The Morgan fingerprint density at radius 2 is 2.22 bits per heavy atom. The Bertz CT molecular complexity index is 546. The number of rotatable bonds is 4. The van der Waals surface area contributed by atoms with Crippen LogP contribution in [0.25, 0.3) is 0 Å². The van der Waals surface area contributed by atoms with E-state index in [4.69, 9.17) is 0 Å². The van der Waals surface area contributed by atoms with E-state index in [1.54, 1.807) is 17.8 Å². The van der Waals surface area contributed by atoms with Crippen molar-refractivity contribution >= 4 is 15.9 Å². The standard InChI is InChI=1S/C11H16BrN5O/c1-4-8-11(12)10(16(3)14-8)6-17-5-9(7(2)18)13-15-17/h5,7,18H,4,6H2,1-3H3. The SMILES string of the molecule is CCc1nn(C)c(Cn2cc(C(C)O)nn2)c1Br. The summed E-state index contributed by atoms with van der Waals surface area (Å²) in [6, 6.07) is 0. The predicted octanol–water partition coefficient (Wildman–Crippen LogP) is 1.44. The number of halogens is 1. The lowest BCUT2D eigenvalue weighted by Gasteiger charge is -2.02.